The maximum absolute atomic E-state index is 4.98. The third-order valence-electron chi connectivity index (χ3n) is 10.5. The third kappa shape index (κ3) is 5.37. The van der Waals surface area contributed by atoms with E-state index >= 15 is 0 Å². The van der Waals surface area contributed by atoms with Gasteiger partial charge in [0.2, 0.25) is 0 Å². The molecule has 1 aromatic heterocycles. The number of aromatic nitrogens is 3. The van der Waals surface area contributed by atoms with Crippen molar-refractivity contribution < 1.29 is 0 Å². The molecule has 0 amide bonds. The van der Waals surface area contributed by atoms with Crippen molar-refractivity contribution in [2.75, 3.05) is 9.80 Å². The SMILES string of the molecule is CC1(C)c2ccccc2N(c2ccc(-c3nc(-c4ccccc4)nc(-c4ccccc4)n3)cc2)c2ccc(N3c4ccccc4Sc4ccccc43)cc21. The van der Waals surface area contributed by atoms with Crippen LogP contribution in [0.4, 0.5) is 34.1 Å². The Hall–Kier alpha value is -6.50. The van der Waals surface area contributed by atoms with Gasteiger partial charge in [-0.25, -0.2) is 15.0 Å². The summed E-state index contributed by atoms with van der Waals surface area (Å²) in [6.07, 6.45) is 0. The molecule has 6 heteroatoms. The number of hydrogen-bond donors (Lipinski definition) is 0. The van der Waals surface area contributed by atoms with Gasteiger partial charge in [-0.15, -0.1) is 0 Å². The molecule has 0 N–H and O–H groups in total. The first-order valence-electron chi connectivity index (χ1n) is 18.2. The second-order valence-electron chi connectivity index (χ2n) is 14.1. The second kappa shape index (κ2) is 12.9. The molecule has 54 heavy (non-hydrogen) atoms. The predicted molar refractivity (Wildman–Crippen MR) is 222 cm³/mol. The fraction of sp³-hybridized carbons (Fsp3) is 0.0625. The summed E-state index contributed by atoms with van der Waals surface area (Å²) in [5, 5.41) is 0. The standard InChI is InChI=1S/C48H35N5S/c1-48(2)37-19-9-10-20-39(37)52(40-30-29-36(31-38(40)48)53-41-21-11-13-23-43(41)54-44-24-14-12-22-42(44)53)35-27-25-34(26-28-35)47-50-45(32-15-5-3-6-16-32)49-46(51-47)33-17-7-4-8-18-33/h3-31H,1-2H3. The molecule has 0 atom stereocenters. The van der Waals surface area contributed by atoms with Gasteiger partial charge >= 0.3 is 0 Å². The summed E-state index contributed by atoms with van der Waals surface area (Å²) in [5.74, 6) is 1.94. The Kier molecular flexibility index (Phi) is 7.67. The van der Waals surface area contributed by atoms with E-state index in [1.54, 1.807) is 0 Å². The van der Waals surface area contributed by atoms with Crippen molar-refractivity contribution in [3.05, 3.63) is 187 Å². The molecule has 5 nitrogen and oxygen atoms in total. The molecule has 7 aromatic carbocycles. The van der Waals surface area contributed by atoms with Gasteiger partial charge in [0.1, 0.15) is 0 Å². The maximum atomic E-state index is 4.98. The topological polar surface area (TPSA) is 45.2 Å². The highest BCUT2D eigenvalue weighted by molar-refractivity contribution is 7.99. The summed E-state index contributed by atoms with van der Waals surface area (Å²) in [5.41, 5.74) is 12.1. The summed E-state index contributed by atoms with van der Waals surface area (Å²) in [6, 6.07) is 62.0. The van der Waals surface area contributed by atoms with Gasteiger partial charge in [-0.05, 0) is 83.9 Å². The monoisotopic (exact) mass is 713 g/mol. The van der Waals surface area contributed by atoms with Crippen LogP contribution in [0.25, 0.3) is 34.2 Å². The zero-order valence-electron chi connectivity index (χ0n) is 29.9. The number of rotatable bonds is 5. The lowest BCUT2D eigenvalue weighted by Gasteiger charge is -2.43. The average molecular weight is 714 g/mol. The smallest absolute Gasteiger partial charge is 0.164 e. The Morgan fingerprint density at radius 2 is 0.815 bits per heavy atom. The summed E-state index contributed by atoms with van der Waals surface area (Å²) < 4.78 is 0. The summed E-state index contributed by atoms with van der Waals surface area (Å²) >= 11 is 1.83. The van der Waals surface area contributed by atoms with Crippen molar-refractivity contribution in [2.45, 2.75) is 29.1 Å². The minimum Gasteiger partial charge on any atom is -0.310 e. The molecule has 2 aliphatic rings. The van der Waals surface area contributed by atoms with E-state index in [0.717, 1.165) is 28.1 Å². The van der Waals surface area contributed by atoms with E-state index in [1.165, 1.54) is 43.7 Å². The van der Waals surface area contributed by atoms with Crippen molar-refractivity contribution in [3.8, 4) is 34.2 Å². The summed E-state index contributed by atoms with van der Waals surface area (Å²) in [4.78, 5) is 22.2. The quantitative estimate of drug-likeness (QED) is 0.177. The van der Waals surface area contributed by atoms with E-state index in [0.29, 0.717) is 17.5 Å². The molecule has 0 aliphatic carbocycles. The van der Waals surface area contributed by atoms with Crippen LogP contribution in [-0.2, 0) is 5.41 Å². The van der Waals surface area contributed by atoms with E-state index in [1.807, 2.05) is 72.4 Å². The number of nitrogens with zero attached hydrogens (tertiary/aromatic N) is 5. The zero-order chi connectivity index (χ0) is 36.2. The number of para-hydroxylation sites is 3. The maximum Gasteiger partial charge on any atom is 0.164 e. The minimum atomic E-state index is -0.242. The molecule has 0 radical (unpaired) electrons. The molecule has 8 aromatic rings. The largest absolute Gasteiger partial charge is 0.310 e. The van der Waals surface area contributed by atoms with Gasteiger partial charge in [-0.2, -0.15) is 0 Å². The molecule has 2 aliphatic heterocycles. The molecule has 0 fully saturated rings. The molecule has 0 saturated heterocycles. The highest BCUT2D eigenvalue weighted by Gasteiger charge is 2.38. The molecular formula is C48H35N5S. The number of benzene rings is 7. The first-order chi connectivity index (χ1) is 26.5. The van der Waals surface area contributed by atoms with Crippen LogP contribution >= 0.6 is 11.8 Å². The van der Waals surface area contributed by atoms with Crippen LogP contribution in [0.3, 0.4) is 0 Å². The van der Waals surface area contributed by atoms with Gasteiger partial charge < -0.3 is 9.80 Å². The molecule has 0 spiro atoms. The Morgan fingerprint density at radius 1 is 0.389 bits per heavy atom. The summed E-state index contributed by atoms with van der Waals surface area (Å²) in [6.45, 7) is 4.69. The highest BCUT2D eigenvalue weighted by Crippen LogP contribution is 2.55. The van der Waals surface area contributed by atoms with E-state index < -0.39 is 0 Å². The lowest BCUT2D eigenvalue weighted by atomic mass is 9.73. The molecule has 3 heterocycles. The van der Waals surface area contributed by atoms with Crippen LogP contribution in [0.15, 0.2) is 186 Å². The molecule has 0 saturated carbocycles. The van der Waals surface area contributed by atoms with Crippen molar-refractivity contribution in [3.63, 3.8) is 0 Å². The lowest BCUT2D eigenvalue weighted by molar-refractivity contribution is 0.632. The zero-order valence-corrected chi connectivity index (χ0v) is 30.7. The minimum absolute atomic E-state index is 0.242. The van der Waals surface area contributed by atoms with Crippen LogP contribution < -0.4 is 9.80 Å². The van der Waals surface area contributed by atoms with Gasteiger partial charge in [-0.1, -0.05) is 129 Å². The third-order valence-corrected chi connectivity index (χ3v) is 11.6. The van der Waals surface area contributed by atoms with Crippen molar-refractivity contribution in [1.82, 2.24) is 15.0 Å². The van der Waals surface area contributed by atoms with Crippen LogP contribution in [0, 0.1) is 0 Å². The fourth-order valence-electron chi connectivity index (χ4n) is 7.79. The van der Waals surface area contributed by atoms with Crippen molar-refractivity contribution in [2.24, 2.45) is 0 Å². The lowest BCUT2D eigenvalue weighted by Crippen LogP contribution is -2.31. The first kappa shape index (κ1) is 32.2. The van der Waals surface area contributed by atoms with Gasteiger partial charge in [-0.3, -0.25) is 0 Å². The van der Waals surface area contributed by atoms with Crippen LogP contribution in [0.1, 0.15) is 25.0 Å². The molecule has 258 valence electrons. The Morgan fingerprint density at radius 3 is 1.39 bits per heavy atom. The van der Waals surface area contributed by atoms with Crippen LogP contribution in [-0.4, -0.2) is 15.0 Å². The number of fused-ring (bicyclic) bond motifs is 4. The van der Waals surface area contributed by atoms with E-state index in [9.17, 15) is 0 Å². The molecule has 0 bridgehead atoms. The second-order valence-corrected chi connectivity index (χ2v) is 15.2. The van der Waals surface area contributed by atoms with Crippen molar-refractivity contribution in [1.29, 1.82) is 0 Å². The molecular weight excluding hydrogens is 679 g/mol. The van der Waals surface area contributed by atoms with E-state index in [2.05, 4.69) is 139 Å². The van der Waals surface area contributed by atoms with Crippen LogP contribution in [0.5, 0.6) is 0 Å². The summed E-state index contributed by atoms with van der Waals surface area (Å²) in [7, 11) is 0. The van der Waals surface area contributed by atoms with Crippen molar-refractivity contribution >= 4 is 45.9 Å². The Bertz CT molecular complexity index is 2570. The number of hydrogen-bond acceptors (Lipinski definition) is 6. The van der Waals surface area contributed by atoms with Gasteiger partial charge in [0.15, 0.2) is 17.5 Å². The first-order valence-corrected chi connectivity index (χ1v) is 19.0. The molecule has 0 unspecified atom stereocenters. The fourth-order valence-corrected chi connectivity index (χ4v) is 8.85. The van der Waals surface area contributed by atoms with Gasteiger partial charge in [0.05, 0.1) is 22.7 Å². The predicted octanol–water partition coefficient (Wildman–Crippen LogP) is 12.9. The van der Waals surface area contributed by atoms with Gasteiger partial charge in [0.25, 0.3) is 0 Å². The Balaban J connectivity index is 1.09. The van der Waals surface area contributed by atoms with Gasteiger partial charge in [0, 0.05) is 43.3 Å². The Labute approximate surface area is 319 Å². The van der Waals surface area contributed by atoms with E-state index in [-0.39, 0.29) is 5.41 Å². The highest BCUT2D eigenvalue weighted by atomic mass is 32.2. The van der Waals surface area contributed by atoms with Crippen LogP contribution in [0.2, 0.25) is 0 Å². The van der Waals surface area contributed by atoms with E-state index in [4.69, 9.17) is 15.0 Å². The normalized spacial score (nSPS) is 13.7. The molecule has 10 rings (SSSR count). The number of anilines is 6. The average Bonchev–Trinajstić information content (AvgIpc) is 3.23.